The number of rotatable bonds is 2. The van der Waals surface area contributed by atoms with Gasteiger partial charge in [-0.3, -0.25) is 0 Å². The lowest BCUT2D eigenvalue weighted by molar-refractivity contribution is 0.0741. The van der Waals surface area contributed by atoms with Crippen LogP contribution in [-0.4, -0.2) is 19.8 Å². The van der Waals surface area contributed by atoms with E-state index < -0.39 is 0 Å². The molecule has 0 aromatic rings. The molecule has 0 radical (unpaired) electrons. The molecular weight excluding hydrogens is 114 g/mol. The fraction of sp³-hybridized carbons (Fsp3) is 1.00. The summed E-state index contributed by atoms with van der Waals surface area (Å²) in [5, 5.41) is 0. The van der Waals surface area contributed by atoms with Crippen LogP contribution in [0.4, 0.5) is 0 Å². The van der Waals surface area contributed by atoms with Crippen LogP contribution in [-0.2, 0) is 4.74 Å². The van der Waals surface area contributed by atoms with Crippen LogP contribution in [0.2, 0.25) is 0 Å². The zero-order chi connectivity index (χ0) is 6.69. The summed E-state index contributed by atoms with van der Waals surface area (Å²) >= 11 is 0. The minimum absolute atomic E-state index is 0.454. The predicted octanol–water partition coefficient (Wildman–Crippen LogP) is 0.760. The van der Waals surface area contributed by atoms with E-state index >= 15 is 0 Å². The molecule has 0 amide bonds. The summed E-state index contributed by atoms with van der Waals surface area (Å²) in [5.74, 6) is 0.634. The van der Waals surface area contributed by atoms with E-state index in [9.17, 15) is 0 Å². The minimum Gasteiger partial charge on any atom is -0.381 e. The van der Waals surface area contributed by atoms with Crippen molar-refractivity contribution >= 4 is 0 Å². The van der Waals surface area contributed by atoms with Crippen molar-refractivity contribution in [3.8, 4) is 0 Å². The third-order valence-electron chi connectivity index (χ3n) is 2.19. The van der Waals surface area contributed by atoms with Gasteiger partial charge < -0.3 is 10.5 Å². The molecule has 2 unspecified atom stereocenters. The summed E-state index contributed by atoms with van der Waals surface area (Å²) in [5.41, 5.74) is 5.52. The molecule has 1 saturated carbocycles. The molecule has 0 heterocycles. The molecule has 0 saturated heterocycles. The summed E-state index contributed by atoms with van der Waals surface area (Å²) in [4.78, 5) is 0. The second-order valence-electron chi connectivity index (χ2n) is 2.70. The van der Waals surface area contributed by atoms with Crippen LogP contribution in [0.3, 0.4) is 0 Å². The topological polar surface area (TPSA) is 35.2 Å². The summed E-state index contributed by atoms with van der Waals surface area (Å²) in [6.07, 6.45) is 4.21. The van der Waals surface area contributed by atoms with Crippen molar-refractivity contribution in [3.63, 3.8) is 0 Å². The highest BCUT2D eigenvalue weighted by Crippen LogP contribution is 2.26. The van der Waals surface area contributed by atoms with Crippen LogP contribution in [0.1, 0.15) is 19.3 Å². The first-order valence-corrected chi connectivity index (χ1v) is 3.61. The van der Waals surface area contributed by atoms with E-state index in [1.165, 1.54) is 19.3 Å². The van der Waals surface area contributed by atoms with Gasteiger partial charge >= 0.3 is 0 Å². The smallest absolute Gasteiger partial charge is 0.0611 e. The molecular formula is C7H15NO. The molecule has 9 heavy (non-hydrogen) atoms. The summed E-state index contributed by atoms with van der Waals surface area (Å²) < 4.78 is 5.23. The van der Waals surface area contributed by atoms with Crippen molar-refractivity contribution < 1.29 is 4.74 Å². The quantitative estimate of drug-likeness (QED) is 0.597. The largest absolute Gasteiger partial charge is 0.381 e. The SMILES string of the molecule is COC1CCCC1CN. The molecule has 54 valence electrons. The van der Waals surface area contributed by atoms with Gasteiger partial charge in [0.1, 0.15) is 0 Å². The second kappa shape index (κ2) is 3.18. The van der Waals surface area contributed by atoms with Gasteiger partial charge in [-0.2, -0.15) is 0 Å². The lowest BCUT2D eigenvalue weighted by atomic mass is 10.1. The van der Waals surface area contributed by atoms with E-state index in [1.807, 2.05) is 0 Å². The fourth-order valence-corrected chi connectivity index (χ4v) is 1.58. The van der Waals surface area contributed by atoms with Gasteiger partial charge in [0, 0.05) is 7.11 Å². The molecule has 0 aliphatic heterocycles. The van der Waals surface area contributed by atoms with Crippen LogP contribution in [0, 0.1) is 5.92 Å². The van der Waals surface area contributed by atoms with Crippen LogP contribution in [0.5, 0.6) is 0 Å². The molecule has 2 atom stereocenters. The number of hydrogen-bond acceptors (Lipinski definition) is 2. The highest BCUT2D eigenvalue weighted by molar-refractivity contribution is 4.77. The Bertz CT molecular complexity index is 75.0. The third-order valence-corrected chi connectivity index (χ3v) is 2.19. The summed E-state index contributed by atoms with van der Waals surface area (Å²) in [6.45, 7) is 0.790. The van der Waals surface area contributed by atoms with Gasteiger partial charge in [-0.05, 0) is 25.3 Å². The van der Waals surface area contributed by atoms with Crippen LogP contribution >= 0.6 is 0 Å². The average molecular weight is 129 g/mol. The number of hydrogen-bond donors (Lipinski definition) is 1. The standard InChI is InChI=1S/C7H15NO/c1-9-7-4-2-3-6(7)5-8/h6-7H,2-5,8H2,1H3. The monoisotopic (exact) mass is 129 g/mol. The van der Waals surface area contributed by atoms with Crippen molar-refractivity contribution in [2.24, 2.45) is 11.7 Å². The maximum atomic E-state index is 5.52. The summed E-state index contributed by atoms with van der Waals surface area (Å²) in [6, 6.07) is 0. The molecule has 1 rings (SSSR count). The van der Waals surface area contributed by atoms with Gasteiger partial charge in [0.15, 0.2) is 0 Å². The third kappa shape index (κ3) is 1.43. The van der Waals surface area contributed by atoms with Crippen LogP contribution in [0.25, 0.3) is 0 Å². The van der Waals surface area contributed by atoms with Gasteiger partial charge in [-0.25, -0.2) is 0 Å². The Hall–Kier alpha value is -0.0800. The van der Waals surface area contributed by atoms with E-state index in [1.54, 1.807) is 7.11 Å². The first-order chi connectivity index (χ1) is 4.38. The van der Waals surface area contributed by atoms with Gasteiger partial charge in [0.2, 0.25) is 0 Å². The zero-order valence-electron chi connectivity index (χ0n) is 5.97. The van der Waals surface area contributed by atoms with E-state index in [4.69, 9.17) is 10.5 Å². The van der Waals surface area contributed by atoms with Crippen molar-refractivity contribution in [2.45, 2.75) is 25.4 Å². The molecule has 0 spiro atoms. The van der Waals surface area contributed by atoms with Crippen molar-refractivity contribution in [1.29, 1.82) is 0 Å². The molecule has 2 nitrogen and oxygen atoms in total. The van der Waals surface area contributed by atoms with Gasteiger partial charge in [-0.15, -0.1) is 0 Å². The van der Waals surface area contributed by atoms with Crippen molar-refractivity contribution in [1.82, 2.24) is 0 Å². The molecule has 1 aliphatic carbocycles. The van der Waals surface area contributed by atoms with Crippen LogP contribution < -0.4 is 5.73 Å². The number of methoxy groups -OCH3 is 1. The Labute approximate surface area is 56.4 Å². The maximum Gasteiger partial charge on any atom is 0.0611 e. The molecule has 1 aliphatic rings. The van der Waals surface area contributed by atoms with E-state index in [0.29, 0.717) is 12.0 Å². The first kappa shape index (κ1) is 7.03. The number of ether oxygens (including phenoxy) is 1. The molecule has 2 heteroatoms. The fourth-order valence-electron chi connectivity index (χ4n) is 1.58. The Kier molecular flexibility index (Phi) is 2.49. The molecule has 0 aromatic heterocycles. The Morgan fingerprint density at radius 3 is 2.78 bits per heavy atom. The van der Waals surface area contributed by atoms with Crippen LogP contribution in [0.15, 0.2) is 0 Å². The maximum absolute atomic E-state index is 5.52. The molecule has 0 bridgehead atoms. The van der Waals surface area contributed by atoms with Gasteiger partial charge in [-0.1, -0.05) is 6.42 Å². The Balaban J connectivity index is 2.32. The summed E-state index contributed by atoms with van der Waals surface area (Å²) in [7, 11) is 1.78. The predicted molar refractivity (Wildman–Crippen MR) is 37.2 cm³/mol. The van der Waals surface area contributed by atoms with Crippen molar-refractivity contribution in [3.05, 3.63) is 0 Å². The minimum atomic E-state index is 0.454. The van der Waals surface area contributed by atoms with Gasteiger partial charge in [0.25, 0.3) is 0 Å². The van der Waals surface area contributed by atoms with E-state index in [2.05, 4.69) is 0 Å². The van der Waals surface area contributed by atoms with Crippen molar-refractivity contribution in [2.75, 3.05) is 13.7 Å². The lowest BCUT2D eigenvalue weighted by Gasteiger charge is -2.14. The Morgan fingerprint density at radius 1 is 1.56 bits per heavy atom. The van der Waals surface area contributed by atoms with E-state index in [0.717, 1.165) is 6.54 Å². The molecule has 2 N–H and O–H groups in total. The molecule has 0 aromatic carbocycles. The lowest BCUT2D eigenvalue weighted by Crippen LogP contribution is -2.23. The molecule has 1 fully saturated rings. The van der Waals surface area contributed by atoms with Gasteiger partial charge in [0.05, 0.1) is 6.10 Å². The highest BCUT2D eigenvalue weighted by Gasteiger charge is 2.25. The highest BCUT2D eigenvalue weighted by atomic mass is 16.5. The number of nitrogens with two attached hydrogens (primary N) is 1. The average Bonchev–Trinajstić information content (AvgIpc) is 2.33. The Morgan fingerprint density at radius 2 is 2.33 bits per heavy atom. The second-order valence-corrected chi connectivity index (χ2v) is 2.70. The normalized spacial score (nSPS) is 35.3. The zero-order valence-corrected chi connectivity index (χ0v) is 5.97. The first-order valence-electron chi connectivity index (χ1n) is 3.61. The van der Waals surface area contributed by atoms with E-state index in [-0.39, 0.29) is 0 Å².